The third-order valence-electron chi connectivity index (χ3n) is 6.81. The topological polar surface area (TPSA) is 108 Å². The molecule has 1 fully saturated rings. The minimum absolute atomic E-state index is 0.0899. The Kier molecular flexibility index (Phi) is 9.32. The molecule has 2 atom stereocenters. The average Bonchev–Trinajstić information content (AvgIpc) is 3.33. The molecule has 210 valence electrons. The Bertz CT molecular complexity index is 1300. The van der Waals surface area contributed by atoms with Crippen molar-refractivity contribution in [3.05, 3.63) is 41.5 Å². The molecule has 1 aliphatic rings. The molecule has 11 heteroatoms. The maximum absolute atomic E-state index is 14.1. The van der Waals surface area contributed by atoms with Crippen molar-refractivity contribution in [1.29, 1.82) is 0 Å². The molecule has 2 aromatic heterocycles. The summed E-state index contributed by atoms with van der Waals surface area (Å²) in [6, 6.07) is 7.51. The van der Waals surface area contributed by atoms with E-state index in [1.165, 1.54) is 6.20 Å². The van der Waals surface area contributed by atoms with Gasteiger partial charge in [-0.15, -0.1) is 11.3 Å². The highest BCUT2D eigenvalue weighted by molar-refractivity contribution is 7.16. The largest absolute Gasteiger partial charge is 0.382 e. The predicted octanol–water partition coefficient (Wildman–Crippen LogP) is 6.10. The zero-order valence-corrected chi connectivity index (χ0v) is 23.3. The van der Waals surface area contributed by atoms with E-state index in [0.29, 0.717) is 42.9 Å². The van der Waals surface area contributed by atoms with E-state index >= 15 is 0 Å². The summed E-state index contributed by atoms with van der Waals surface area (Å²) >= 11 is 1.56. The van der Waals surface area contributed by atoms with Gasteiger partial charge in [0, 0.05) is 55.3 Å². The van der Waals surface area contributed by atoms with Crippen LogP contribution in [0.3, 0.4) is 0 Å². The first-order valence-corrected chi connectivity index (χ1v) is 14.3. The van der Waals surface area contributed by atoms with E-state index in [-0.39, 0.29) is 36.7 Å². The second-order valence-electron chi connectivity index (χ2n) is 10.5. The maximum Gasteiger partial charge on any atom is 0.254 e. The van der Waals surface area contributed by atoms with Gasteiger partial charge < -0.3 is 21.3 Å². The fourth-order valence-corrected chi connectivity index (χ4v) is 5.48. The number of fused-ring (bicyclic) bond motifs is 1. The summed E-state index contributed by atoms with van der Waals surface area (Å²) in [5.74, 6) is -3.73. The van der Waals surface area contributed by atoms with Crippen molar-refractivity contribution in [3.63, 3.8) is 0 Å². The van der Waals surface area contributed by atoms with Crippen LogP contribution in [0, 0.1) is 5.92 Å². The van der Waals surface area contributed by atoms with Crippen LogP contribution in [0.1, 0.15) is 69.7 Å². The summed E-state index contributed by atoms with van der Waals surface area (Å²) in [5.41, 5.74) is 4.66. The Labute approximate surface area is 231 Å². The van der Waals surface area contributed by atoms with Crippen molar-refractivity contribution in [3.8, 4) is 0 Å². The SMILES string of the molecule is CC(C)Nc1cc(Nc2ccc3ncsc3c2)ncc1C(=O)NCCC(C)NC(=O)CC1CCCCC1(F)F. The van der Waals surface area contributed by atoms with Gasteiger partial charge in [-0.05, 0) is 58.2 Å². The lowest BCUT2D eigenvalue weighted by Crippen LogP contribution is -2.40. The first kappa shape index (κ1) is 28.7. The van der Waals surface area contributed by atoms with Crippen LogP contribution in [-0.2, 0) is 4.79 Å². The summed E-state index contributed by atoms with van der Waals surface area (Å²) in [6.45, 7) is 6.09. The fourth-order valence-electron chi connectivity index (χ4n) is 4.76. The van der Waals surface area contributed by atoms with Crippen molar-refractivity contribution in [2.75, 3.05) is 17.2 Å². The highest BCUT2D eigenvalue weighted by Gasteiger charge is 2.42. The number of hydrogen-bond acceptors (Lipinski definition) is 7. The fraction of sp³-hybridized carbons (Fsp3) is 0.500. The number of nitrogens with one attached hydrogen (secondary N) is 4. The van der Waals surface area contributed by atoms with Crippen LogP contribution in [0.5, 0.6) is 0 Å². The third kappa shape index (κ3) is 7.84. The van der Waals surface area contributed by atoms with Crippen LogP contribution in [0.4, 0.5) is 26.0 Å². The van der Waals surface area contributed by atoms with Gasteiger partial charge in [-0.1, -0.05) is 6.42 Å². The molecule has 1 aliphatic carbocycles. The highest BCUT2D eigenvalue weighted by atomic mass is 32.1. The van der Waals surface area contributed by atoms with E-state index in [2.05, 4.69) is 31.2 Å². The third-order valence-corrected chi connectivity index (χ3v) is 7.60. The van der Waals surface area contributed by atoms with Crippen LogP contribution in [0.25, 0.3) is 10.2 Å². The van der Waals surface area contributed by atoms with Gasteiger partial charge in [0.1, 0.15) is 5.82 Å². The molecule has 0 saturated heterocycles. The number of benzene rings is 1. The molecule has 3 aromatic rings. The number of amides is 2. The lowest BCUT2D eigenvalue weighted by atomic mass is 9.83. The summed E-state index contributed by atoms with van der Waals surface area (Å²) < 4.78 is 29.2. The zero-order valence-electron chi connectivity index (χ0n) is 22.5. The van der Waals surface area contributed by atoms with Crippen LogP contribution in [-0.4, -0.2) is 46.3 Å². The highest BCUT2D eigenvalue weighted by Crippen LogP contribution is 2.40. The van der Waals surface area contributed by atoms with Gasteiger partial charge in [0.15, 0.2) is 0 Å². The van der Waals surface area contributed by atoms with Crippen LogP contribution in [0.2, 0.25) is 0 Å². The number of anilines is 3. The van der Waals surface area contributed by atoms with Gasteiger partial charge in [-0.25, -0.2) is 18.7 Å². The monoisotopic (exact) mass is 558 g/mol. The predicted molar refractivity (Wildman–Crippen MR) is 152 cm³/mol. The normalized spacial score (nSPS) is 17.5. The zero-order chi connectivity index (χ0) is 28.0. The van der Waals surface area contributed by atoms with E-state index in [1.54, 1.807) is 29.8 Å². The second kappa shape index (κ2) is 12.7. The number of carbonyl (C=O) groups is 2. The number of nitrogens with zero attached hydrogens (tertiary/aromatic N) is 2. The minimum atomic E-state index is -2.78. The Morgan fingerprint density at radius 2 is 1.97 bits per heavy atom. The number of carbonyl (C=O) groups excluding carboxylic acids is 2. The van der Waals surface area contributed by atoms with Crippen molar-refractivity contribution < 1.29 is 18.4 Å². The molecule has 0 aliphatic heterocycles. The Morgan fingerprint density at radius 1 is 1.15 bits per heavy atom. The molecule has 2 unspecified atom stereocenters. The van der Waals surface area contributed by atoms with Gasteiger partial charge >= 0.3 is 0 Å². The molecule has 0 spiro atoms. The van der Waals surface area contributed by atoms with Crippen molar-refractivity contribution >= 4 is 50.6 Å². The Balaban J connectivity index is 1.31. The molecular formula is C28H36F2N6O2S. The number of thiazole rings is 1. The smallest absolute Gasteiger partial charge is 0.254 e. The lowest BCUT2D eigenvalue weighted by molar-refractivity contribution is -0.131. The molecule has 0 radical (unpaired) electrons. The molecule has 8 nitrogen and oxygen atoms in total. The number of halogens is 2. The second-order valence-corrected chi connectivity index (χ2v) is 11.4. The van der Waals surface area contributed by atoms with Crippen LogP contribution >= 0.6 is 11.3 Å². The molecule has 39 heavy (non-hydrogen) atoms. The lowest BCUT2D eigenvalue weighted by Gasteiger charge is -2.31. The van der Waals surface area contributed by atoms with Crippen LogP contribution in [0.15, 0.2) is 36.0 Å². The quantitative estimate of drug-likeness (QED) is 0.227. The molecule has 0 bridgehead atoms. The number of alkyl halides is 2. The number of hydrogen-bond donors (Lipinski definition) is 4. The van der Waals surface area contributed by atoms with E-state index in [1.807, 2.05) is 32.0 Å². The van der Waals surface area contributed by atoms with Gasteiger partial charge in [-0.2, -0.15) is 0 Å². The molecule has 2 amide bonds. The molecule has 2 heterocycles. The molecular weight excluding hydrogens is 522 g/mol. The van der Waals surface area contributed by atoms with E-state index in [4.69, 9.17) is 0 Å². The number of pyridine rings is 1. The minimum Gasteiger partial charge on any atom is -0.382 e. The molecule has 1 aromatic carbocycles. The van der Waals surface area contributed by atoms with E-state index < -0.39 is 11.8 Å². The van der Waals surface area contributed by atoms with Crippen LogP contribution < -0.4 is 21.3 Å². The number of aromatic nitrogens is 2. The summed E-state index contributed by atoms with van der Waals surface area (Å²) in [6.07, 6.45) is 3.31. The maximum atomic E-state index is 14.1. The number of rotatable bonds is 11. The summed E-state index contributed by atoms with van der Waals surface area (Å²) in [7, 11) is 0. The standard InChI is InChI=1S/C28H36F2N6O2S/c1-17(2)34-23-14-25(36-20-7-8-22-24(13-20)39-16-33-22)32-15-21(23)27(38)31-11-9-18(3)35-26(37)12-19-6-4-5-10-28(19,29)30/h7-8,13-19H,4-6,9-12H2,1-3H3,(H,31,38)(H,35,37)(H2,32,34,36). The first-order chi connectivity index (χ1) is 18.6. The molecule has 4 N–H and O–H groups in total. The molecule has 1 saturated carbocycles. The van der Waals surface area contributed by atoms with Gasteiger partial charge in [0.25, 0.3) is 11.8 Å². The van der Waals surface area contributed by atoms with Crippen molar-refractivity contribution in [2.24, 2.45) is 5.92 Å². The summed E-state index contributed by atoms with van der Waals surface area (Å²) in [4.78, 5) is 34.0. The molecule has 4 rings (SSSR count). The first-order valence-electron chi connectivity index (χ1n) is 13.4. The van der Waals surface area contributed by atoms with E-state index in [9.17, 15) is 18.4 Å². The Morgan fingerprint density at radius 3 is 2.74 bits per heavy atom. The van der Waals surface area contributed by atoms with Gasteiger partial charge in [0.2, 0.25) is 5.91 Å². The van der Waals surface area contributed by atoms with Gasteiger partial charge in [0.05, 0.1) is 27.0 Å². The van der Waals surface area contributed by atoms with E-state index in [0.717, 1.165) is 22.3 Å². The van der Waals surface area contributed by atoms with Crippen molar-refractivity contribution in [2.45, 2.75) is 77.3 Å². The summed E-state index contributed by atoms with van der Waals surface area (Å²) in [5, 5.41) is 12.3. The Hall–Kier alpha value is -3.34. The van der Waals surface area contributed by atoms with Gasteiger partial charge in [-0.3, -0.25) is 9.59 Å². The van der Waals surface area contributed by atoms with Crippen molar-refractivity contribution in [1.82, 2.24) is 20.6 Å². The average molecular weight is 559 g/mol.